The quantitative estimate of drug-likeness (QED) is 0.0261. The molecule has 0 fully saturated rings. The molecule has 6 heteroatoms. The lowest BCUT2D eigenvalue weighted by molar-refractivity contribution is -0.167. The summed E-state index contributed by atoms with van der Waals surface area (Å²) in [4.78, 5) is 38.2. The molecule has 414 valence electrons. The van der Waals surface area contributed by atoms with Crippen molar-refractivity contribution in [3.8, 4) is 0 Å². The van der Waals surface area contributed by atoms with Gasteiger partial charge in [-0.05, 0) is 89.9 Å². The zero-order valence-corrected chi connectivity index (χ0v) is 47.4. The first-order chi connectivity index (χ1) is 35.5. The third-order valence-corrected chi connectivity index (χ3v) is 13.1. The monoisotopic (exact) mass is 1000 g/mol. The van der Waals surface area contributed by atoms with Gasteiger partial charge in [-0.2, -0.15) is 0 Å². The van der Waals surface area contributed by atoms with Gasteiger partial charge >= 0.3 is 17.9 Å². The molecule has 1 atom stereocenters. The van der Waals surface area contributed by atoms with Gasteiger partial charge < -0.3 is 14.2 Å². The molecule has 0 heterocycles. The van der Waals surface area contributed by atoms with Gasteiger partial charge in [0.1, 0.15) is 13.2 Å². The molecule has 1 unspecified atom stereocenters. The predicted octanol–water partition coefficient (Wildman–Crippen LogP) is 20.7. The molecule has 0 aromatic rings. The van der Waals surface area contributed by atoms with E-state index in [4.69, 9.17) is 14.2 Å². The number of carbonyl (C=O) groups is 3. The Morgan fingerprint density at radius 3 is 0.903 bits per heavy atom. The summed E-state index contributed by atoms with van der Waals surface area (Å²) in [6, 6.07) is 0. The molecule has 0 spiro atoms. The van der Waals surface area contributed by atoms with Crippen molar-refractivity contribution in [1.29, 1.82) is 0 Å². The highest BCUT2D eigenvalue weighted by Gasteiger charge is 2.19. The van der Waals surface area contributed by atoms with Crippen molar-refractivity contribution in [2.45, 2.75) is 303 Å². The molecule has 6 nitrogen and oxygen atoms in total. The van der Waals surface area contributed by atoms with E-state index >= 15 is 0 Å². The highest BCUT2D eigenvalue weighted by molar-refractivity contribution is 5.71. The van der Waals surface area contributed by atoms with Crippen LogP contribution in [-0.4, -0.2) is 37.2 Å². The number of rotatable bonds is 55. The van der Waals surface area contributed by atoms with Gasteiger partial charge in [0, 0.05) is 19.3 Å². The summed E-state index contributed by atoms with van der Waals surface area (Å²) in [6.07, 6.45) is 78.7. The maximum Gasteiger partial charge on any atom is 0.306 e. The van der Waals surface area contributed by atoms with Crippen molar-refractivity contribution in [3.63, 3.8) is 0 Å². The van der Waals surface area contributed by atoms with E-state index in [1.165, 1.54) is 141 Å². The minimum Gasteiger partial charge on any atom is -0.462 e. The minimum absolute atomic E-state index is 0.0834. The second-order valence-electron chi connectivity index (χ2n) is 20.2. The molecule has 0 saturated carbocycles. The molecule has 0 aromatic heterocycles. The van der Waals surface area contributed by atoms with Gasteiger partial charge in [-0.15, -0.1) is 0 Å². The Labute approximate surface area is 445 Å². The van der Waals surface area contributed by atoms with Crippen LogP contribution in [0.25, 0.3) is 0 Å². The summed E-state index contributed by atoms with van der Waals surface area (Å²) in [7, 11) is 0. The van der Waals surface area contributed by atoms with Crippen molar-refractivity contribution in [2.75, 3.05) is 13.2 Å². The summed E-state index contributed by atoms with van der Waals surface area (Å²) in [6.45, 7) is 6.50. The zero-order chi connectivity index (χ0) is 52.2. The Morgan fingerprint density at radius 1 is 0.292 bits per heavy atom. The summed E-state index contributed by atoms with van der Waals surface area (Å²) in [5.74, 6) is -0.897. The van der Waals surface area contributed by atoms with Gasteiger partial charge in [-0.25, -0.2) is 0 Å². The SMILES string of the molecule is CC/C=C\C/C=C\C/C=C\C/C=C\C/C=C\C/C=C\CCCCCCCCC(=O)OCC(COC(=O)CCCCCCC/C=C\CCCC)OC(=O)CCCCCCCCCCCCCCCCCCCC. The van der Waals surface area contributed by atoms with Crippen LogP contribution in [0.15, 0.2) is 85.1 Å². The number of hydrogen-bond acceptors (Lipinski definition) is 6. The molecular formula is C66H114O6. The molecule has 0 rings (SSSR count). The molecule has 0 amide bonds. The van der Waals surface area contributed by atoms with Gasteiger partial charge in [0.15, 0.2) is 6.10 Å². The lowest BCUT2D eigenvalue weighted by atomic mass is 10.0. The van der Waals surface area contributed by atoms with Gasteiger partial charge in [-0.3, -0.25) is 14.4 Å². The van der Waals surface area contributed by atoms with Gasteiger partial charge in [0.2, 0.25) is 0 Å². The van der Waals surface area contributed by atoms with E-state index in [1.54, 1.807) is 0 Å². The average molecular weight is 1000 g/mol. The number of esters is 3. The first-order valence-electron chi connectivity index (χ1n) is 30.6. The van der Waals surface area contributed by atoms with Crippen molar-refractivity contribution in [1.82, 2.24) is 0 Å². The van der Waals surface area contributed by atoms with Crippen LogP contribution in [0.2, 0.25) is 0 Å². The van der Waals surface area contributed by atoms with E-state index < -0.39 is 6.10 Å². The lowest BCUT2D eigenvalue weighted by Crippen LogP contribution is -2.30. The maximum absolute atomic E-state index is 12.9. The average Bonchev–Trinajstić information content (AvgIpc) is 3.38. The van der Waals surface area contributed by atoms with Crippen LogP contribution >= 0.6 is 0 Å². The van der Waals surface area contributed by atoms with Crippen LogP contribution in [0.5, 0.6) is 0 Å². The molecular weight excluding hydrogens is 889 g/mol. The van der Waals surface area contributed by atoms with Crippen LogP contribution in [-0.2, 0) is 28.6 Å². The minimum atomic E-state index is -0.785. The Bertz CT molecular complexity index is 1380. The first kappa shape index (κ1) is 68.6. The largest absolute Gasteiger partial charge is 0.462 e. The van der Waals surface area contributed by atoms with E-state index in [-0.39, 0.29) is 31.1 Å². The van der Waals surface area contributed by atoms with E-state index in [0.717, 1.165) is 116 Å². The molecule has 0 N–H and O–H groups in total. The smallest absolute Gasteiger partial charge is 0.306 e. The predicted molar refractivity (Wildman–Crippen MR) is 311 cm³/mol. The fraction of sp³-hybridized carbons (Fsp3) is 0.742. The molecule has 72 heavy (non-hydrogen) atoms. The summed E-state index contributed by atoms with van der Waals surface area (Å²) in [5, 5.41) is 0. The fourth-order valence-electron chi connectivity index (χ4n) is 8.55. The second kappa shape index (κ2) is 60.1. The number of hydrogen-bond donors (Lipinski definition) is 0. The van der Waals surface area contributed by atoms with Gasteiger partial charge in [0.25, 0.3) is 0 Å². The van der Waals surface area contributed by atoms with Crippen molar-refractivity contribution in [2.24, 2.45) is 0 Å². The van der Waals surface area contributed by atoms with E-state index in [9.17, 15) is 14.4 Å². The van der Waals surface area contributed by atoms with E-state index in [2.05, 4.69) is 106 Å². The first-order valence-corrected chi connectivity index (χ1v) is 30.6. The zero-order valence-electron chi connectivity index (χ0n) is 47.4. The van der Waals surface area contributed by atoms with Crippen LogP contribution < -0.4 is 0 Å². The third-order valence-electron chi connectivity index (χ3n) is 13.1. The van der Waals surface area contributed by atoms with Gasteiger partial charge in [-0.1, -0.05) is 273 Å². The van der Waals surface area contributed by atoms with Crippen LogP contribution in [0.4, 0.5) is 0 Å². The summed E-state index contributed by atoms with van der Waals surface area (Å²) in [5.41, 5.74) is 0. The Balaban J connectivity index is 4.32. The molecule has 0 aliphatic rings. The molecule has 0 bridgehead atoms. The molecule has 0 aliphatic heterocycles. The van der Waals surface area contributed by atoms with Crippen LogP contribution in [0.1, 0.15) is 297 Å². The summed E-state index contributed by atoms with van der Waals surface area (Å²) >= 11 is 0. The molecule has 0 radical (unpaired) electrons. The highest BCUT2D eigenvalue weighted by atomic mass is 16.6. The number of allylic oxidation sites excluding steroid dienone is 14. The van der Waals surface area contributed by atoms with Crippen molar-refractivity contribution in [3.05, 3.63) is 85.1 Å². The van der Waals surface area contributed by atoms with Crippen molar-refractivity contribution >= 4 is 17.9 Å². The highest BCUT2D eigenvalue weighted by Crippen LogP contribution is 2.16. The third kappa shape index (κ3) is 57.5. The number of carbonyl (C=O) groups excluding carboxylic acids is 3. The second-order valence-corrected chi connectivity index (χ2v) is 20.2. The van der Waals surface area contributed by atoms with Crippen LogP contribution in [0, 0.1) is 0 Å². The molecule has 0 aromatic carbocycles. The lowest BCUT2D eigenvalue weighted by Gasteiger charge is -2.18. The van der Waals surface area contributed by atoms with E-state index in [0.29, 0.717) is 19.3 Å². The summed E-state index contributed by atoms with van der Waals surface area (Å²) < 4.78 is 16.9. The van der Waals surface area contributed by atoms with E-state index in [1.807, 2.05) is 0 Å². The molecule has 0 aliphatic carbocycles. The van der Waals surface area contributed by atoms with Gasteiger partial charge in [0.05, 0.1) is 0 Å². The Kier molecular flexibility index (Phi) is 57.3. The molecule has 0 saturated heterocycles. The number of ether oxygens (including phenoxy) is 3. The number of unbranched alkanes of at least 4 members (excludes halogenated alkanes) is 30. The Hall–Kier alpha value is -3.41. The maximum atomic E-state index is 12.9. The standard InChI is InChI=1S/C66H114O6/c1-4-7-10-13-16-19-22-24-26-28-30-31-32-33-34-35-36-38-39-41-44-47-50-53-56-59-65(68)71-62-63(61-70-64(67)58-55-52-49-46-43-21-18-15-12-9-6-3)72-66(69)60-57-54-51-48-45-42-40-37-29-27-25-23-20-17-14-11-8-5-2/h7,10,15-16,18-19,24,26,30-31,33-34,36,38,63H,4-6,8-9,11-14,17,20-23,25,27-29,32,35,37,39-62H2,1-3H3/b10-7-,18-15-,19-16-,26-24-,31-30-,34-33-,38-36-. The Morgan fingerprint density at radius 2 is 0.556 bits per heavy atom. The van der Waals surface area contributed by atoms with Crippen molar-refractivity contribution < 1.29 is 28.6 Å². The normalized spacial score (nSPS) is 12.7. The topological polar surface area (TPSA) is 78.9 Å². The fourth-order valence-corrected chi connectivity index (χ4v) is 8.55. The van der Waals surface area contributed by atoms with Crippen LogP contribution in [0.3, 0.4) is 0 Å².